The Labute approximate surface area is 212 Å². The van der Waals surface area contributed by atoms with Gasteiger partial charge in [-0.25, -0.2) is 0 Å². The highest BCUT2D eigenvalue weighted by molar-refractivity contribution is 9.10. The average molecular weight is 560 g/mol. The first-order chi connectivity index (χ1) is 15.5. The van der Waals surface area contributed by atoms with Crippen LogP contribution in [0.25, 0.3) is 21.5 Å². The van der Waals surface area contributed by atoms with Crippen LogP contribution in [0.4, 0.5) is 0 Å². The predicted molar refractivity (Wildman–Crippen MR) is 151 cm³/mol. The summed E-state index contributed by atoms with van der Waals surface area (Å²) in [4.78, 5) is 0. The van der Waals surface area contributed by atoms with Crippen LogP contribution < -0.4 is 0 Å². The smallest absolute Gasteiger partial charge is 0.0181 e. The second kappa shape index (κ2) is 12.6. The molecule has 2 unspecified atom stereocenters. The zero-order chi connectivity index (χ0) is 23.1. The highest BCUT2D eigenvalue weighted by Crippen LogP contribution is 2.39. The SMILES string of the molecule is CCCCC(CC)Cc1c(CC(CC)CCCC)c2cc(Br)ccc2c2ccc(Br)cc12. The van der Waals surface area contributed by atoms with Gasteiger partial charge >= 0.3 is 0 Å². The minimum absolute atomic E-state index is 0.760. The van der Waals surface area contributed by atoms with Crippen LogP contribution >= 0.6 is 31.9 Å². The number of hydrogen-bond acceptors (Lipinski definition) is 0. The molecule has 0 nitrogen and oxygen atoms in total. The lowest BCUT2D eigenvalue weighted by Crippen LogP contribution is -2.11. The van der Waals surface area contributed by atoms with E-state index in [9.17, 15) is 0 Å². The molecular weight excluding hydrogens is 520 g/mol. The van der Waals surface area contributed by atoms with Crippen LogP contribution in [-0.4, -0.2) is 0 Å². The van der Waals surface area contributed by atoms with Crippen LogP contribution in [0.1, 0.15) is 90.2 Å². The topological polar surface area (TPSA) is 0 Å². The van der Waals surface area contributed by atoms with Gasteiger partial charge in [0, 0.05) is 8.95 Å². The van der Waals surface area contributed by atoms with E-state index >= 15 is 0 Å². The van der Waals surface area contributed by atoms with E-state index in [1.54, 1.807) is 11.1 Å². The molecule has 3 aromatic rings. The Kier molecular flexibility index (Phi) is 10.1. The molecule has 3 rings (SSSR count). The van der Waals surface area contributed by atoms with Crippen molar-refractivity contribution in [2.75, 3.05) is 0 Å². The summed E-state index contributed by atoms with van der Waals surface area (Å²) in [6, 6.07) is 13.8. The molecule has 3 aromatic carbocycles. The van der Waals surface area contributed by atoms with Gasteiger partial charge in [-0.2, -0.15) is 0 Å². The van der Waals surface area contributed by atoms with Crippen molar-refractivity contribution in [1.29, 1.82) is 0 Å². The lowest BCUT2D eigenvalue weighted by Gasteiger charge is -2.24. The van der Waals surface area contributed by atoms with E-state index < -0.39 is 0 Å². The third-order valence-corrected chi connectivity index (χ3v) is 8.33. The molecule has 0 radical (unpaired) electrons. The van der Waals surface area contributed by atoms with Crippen LogP contribution in [0.2, 0.25) is 0 Å². The van der Waals surface area contributed by atoms with Crippen molar-refractivity contribution >= 4 is 53.4 Å². The molecule has 0 bridgehead atoms. The molecule has 0 saturated heterocycles. The number of hydrogen-bond donors (Lipinski definition) is 0. The normalized spacial score (nSPS) is 13.7. The molecule has 0 aliphatic heterocycles. The second-order valence-electron chi connectivity index (χ2n) is 9.58. The molecule has 2 atom stereocenters. The third-order valence-electron chi connectivity index (χ3n) is 7.34. The highest BCUT2D eigenvalue weighted by Gasteiger charge is 2.20. The molecule has 0 aromatic heterocycles. The fourth-order valence-corrected chi connectivity index (χ4v) is 5.98. The average Bonchev–Trinajstić information content (AvgIpc) is 2.80. The maximum absolute atomic E-state index is 3.78. The first kappa shape index (κ1) is 25.8. The van der Waals surface area contributed by atoms with Gasteiger partial charge in [-0.15, -0.1) is 0 Å². The minimum atomic E-state index is 0.760. The molecule has 0 amide bonds. The monoisotopic (exact) mass is 558 g/mol. The largest absolute Gasteiger partial charge is 0.0654 e. The molecule has 0 heterocycles. The van der Waals surface area contributed by atoms with E-state index in [0.29, 0.717) is 0 Å². The van der Waals surface area contributed by atoms with Crippen LogP contribution in [0, 0.1) is 11.8 Å². The maximum atomic E-state index is 3.78. The molecule has 0 N–H and O–H groups in total. The van der Waals surface area contributed by atoms with Crippen molar-refractivity contribution in [2.24, 2.45) is 11.8 Å². The Hall–Kier alpha value is -0.860. The molecule has 174 valence electrons. The lowest BCUT2D eigenvalue weighted by molar-refractivity contribution is 0.436. The predicted octanol–water partition coefficient (Wildman–Crippen LogP) is 11.0. The van der Waals surface area contributed by atoms with Gasteiger partial charge in [-0.05, 0) is 81.6 Å². The number of unbranched alkanes of at least 4 members (excludes halogenated alkanes) is 2. The Bertz CT molecular complexity index is 938. The van der Waals surface area contributed by atoms with Crippen molar-refractivity contribution in [3.8, 4) is 0 Å². The van der Waals surface area contributed by atoms with Crippen molar-refractivity contribution in [3.63, 3.8) is 0 Å². The van der Waals surface area contributed by atoms with Crippen molar-refractivity contribution in [3.05, 3.63) is 56.5 Å². The van der Waals surface area contributed by atoms with Gasteiger partial charge in [-0.1, -0.05) is 123 Å². The zero-order valence-corrected chi connectivity index (χ0v) is 23.6. The van der Waals surface area contributed by atoms with Gasteiger partial charge in [0.2, 0.25) is 0 Å². The zero-order valence-electron chi connectivity index (χ0n) is 20.4. The van der Waals surface area contributed by atoms with Gasteiger partial charge in [0.25, 0.3) is 0 Å². The summed E-state index contributed by atoms with van der Waals surface area (Å²) in [6.45, 7) is 9.40. The number of benzene rings is 3. The number of rotatable bonds is 12. The Balaban J connectivity index is 2.25. The van der Waals surface area contributed by atoms with Crippen molar-refractivity contribution in [2.45, 2.75) is 91.9 Å². The van der Waals surface area contributed by atoms with Crippen LogP contribution in [-0.2, 0) is 12.8 Å². The maximum Gasteiger partial charge on any atom is 0.0181 e. The molecule has 2 heteroatoms. The summed E-state index contributed by atoms with van der Waals surface area (Å²) in [6.07, 6.45) is 12.8. The Morgan fingerprint density at radius 3 is 1.34 bits per heavy atom. The molecule has 0 saturated carbocycles. The molecule has 0 aliphatic rings. The highest BCUT2D eigenvalue weighted by atomic mass is 79.9. The molecular formula is C30H40Br2. The number of halogens is 2. The summed E-state index contributed by atoms with van der Waals surface area (Å²) < 4.78 is 2.38. The van der Waals surface area contributed by atoms with E-state index in [4.69, 9.17) is 0 Å². The van der Waals surface area contributed by atoms with Crippen molar-refractivity contribution in [1.82, 2.24) is 0 Å². The Morgan fingerprint density at radius 2 is 1.00 bits per heavy atom. The van der Waals surface area contributed by atoms with Gasteiger partial charge in [-0.3, -0.25) is 0 Å². The summed E-state index contributed by atoms with van der Waals surface area (Å²) >= 11 is 7.57. The molecule has 32 heavy (non-hydrogen) atoms. The van der Waals surface area contributed by atoms with Gasteiger partial charge in [0.1, 0.15) is 0 Å². The van der Waals surface area contributed by atoms with E-state index in [1.165, 1.54) is 94.7 Å². The first-order valence-electron chi connectivity index (χ1n) is 12.8. The second-order valence-corrected chi connectivity index (χ2v) is 11.4. The quantitative estimate of drug-likeness (QED) is 0.193. The van der Waals surface area contributed by atoms with Crippen LogP contribution in [0.15, 0.2) is 45.3 Å². The van der Waals surface area contributed by atoms with E-state index in [2.05, 4.69) is 96.0 Å². The van der Waals surface area contributed by atoms with Crippen LogP contribution in [0.5, 0.6) is 0 Å². The van der Waals surface area contributed by atoms with Gasteiger partial charge < -0.3 is 0 Å². The van der Waals surface area contributed by atoms with Gasteiger partial charge in [0.05, 0.1) is 0 Å². The molecule has 0 fully saturated rings. The van der Waals surface area contributed by atoms with Crippen LogP contribution in [0.3, 0.4) is 0 Å². The number of fused-ring (bicyclic) bond motifs is 3. The minimum Gasteiger partial charge on any atom is -0.0654 e. The molecule has 0 aliphatic carbocycles. The lowest BCUT2D eigenvalue weighted by atomic mass is 9.80. The van der Waals surface area contributed by atoms with E-state index in [1.807, 2.05) is 0 Å². The van der Waals surface area contributed by atoms with Gasteiger partial charge in [0.15, 0.2) is 0 Å². The fourth-order valence-electron chi connectivity index (χ4n) is 5.26. The summed E-state index contributed by atoms with van der Waals surface area (Å²) in [5.41, 5.74) is 3.23. The summed E-state index contributed by atoms with van der Waals surface area (Å²) in [5.74, 6) is 1.52. The fraction of sp³-hybridized carbons (Fsp3) is 0.533. The van der Waals surface area contributed by atoms with Crippen molar-refractivity contribution < 1.29 is 0 Å². The Morgan fingerprint density at radius 1 is 0.594 bits per heavy atom. The van der Waals surface area contributed by atoms with E-state index in [0.717, 1.165) is 11.8 Å². The summed E-state index contributed by atoms with van der Waals surface area (Å²) in [7, 11) is 0. The standard InChI is InChI=1S/C30H40Br2/c1-5-9-11-21(7-3)17-27-28(18-22(8-4)12-10-6-2)30-20-24(32)14-16-26(30)25-15-13-23(31)19-29(25)27/h13-16,19-22H,5-12,17-18H2,1-4H3. The first-order valence-corrected chi connectivity index (χ1v) is 14.4. The third kappa shape index (κ3) is 6.17. The van der Waals surface area contributed by atoms with E-state index in [-0.39, 0.29) is 0 Å². The summed E-state index contributed by atoms with van der Waals surface area (Å²) in [5, 5.41) is 5.73. The molecule has 0 spiro atoms.